The Bertz CT molecular complexity index is 154. The predicted molar refractivity (Wildman–Crippen MR) is 51.5 cm³/mol. The van der Waals surface area contributed by atoms with Gasteiger partial charge in [-0.15, -0.1) is 0 Å². The lowest BCUT2D eigenvalue weighted by Crippen LogP contribution is -1.91. The molecule has 0 aromatic rings. The number of allylic oxidation sites excluding steroid dienone is 2. The summed E-state index contributed by atoms with van der Waals surface area (Å²) in [4.78, 5) is 0. The van der Waals surface area contributed by atoms with Crippen molar-refractivity contribution in [1.82, 2.24) is 0 Å². The molecule has 0 spiro atoms. The maximum atomic E-state index is 4.39. The lowest BCUT2D eigenvalue weighted by Gasteiger charge is -2.05. The monoisotopic (exact) mass is 170 g/mol. The van der Waals surface area contributed by atoms with E-state index in [0.29, 0.717) is 0 Å². The van der Waals surface area contributed by atoms with E-state index in [4.69, 9.17) is 0 Å². The molecule has 1 fully saturated rings. The van der Waals surface area contributed by atoms with Crippen LogP contribution in [0.25, 0.3) is 0 Å². The molecule has 0 saturated heterocycles. The van der Waals surface area contributed by atoms with E-state index in [2.05, 4.69) is 17.4 Å². The second-order valence-corrected chi connectivity index (χ2v) is 4.41. The van der Waals surface area contributed by atoms with Gasteiger partial charge in [0.25, 0.3) is 0 Å². The Hall–Kier alpha value is -0.0831. The minimum absolute atomic E-state index is 0.869. The van der Waals surface area contributed by atoms with Crippen LogP contribution in [0.1, 0.15) is 26.2 Å². The molecule has 64 valence electrons. The van der Waals surface area contributed by atoms with Crippen LogP contribution in [0, 0.1) is 11.8 Å². The van der Waals surface area contributed by atoms with Crippen molar-refractivity contribution in [2.75, 3.05) is 7.11 Å². The Balaban J connectivity index is 0.000000179. The Labute approximate surface area is 72.4 Å². The summed E-state index contributed by atoms with van der Waals surface area (Å²) in [6, 6.07) is 0. The summed E-state index contributed by atoms with van der Waals surface area (Å²) < 4.78 is 4.39. The first kappa shape index (κ1) is 9.01. The zero-order valence-corrected chi connectivity index (χ0v) is 9.76. The molecule has 2 unspecified atom stereocenters. The highest BCUT2D eigenvalue weighted by atomic mass is 28.2. The zero-order valence-electron chi connectivity index (χ0n) is 7.76. The molecule has 0 heterocycles. The fourth-order valence-corrected chi connectivity index (χ4v) is 2.09. The van der Waals surface area contributed by atoms with Crippen LogP contribution < -0.4 is 0 Å². The molecule has 2 aliphatic carbocycles. The van der Waals surface area contributed by atoms with Crippen LogP contribution >= 0.6 is 0 Å². The quantitative estimate of drug-likeness (QED) is 0.393. The Morgan fingerprint density at radius 1 is 1.55 bits per heavy atom. The van der Waals surface area contributed by atoms with Gasteiger partial charge in [-0.25, -0.2) is 0 Å². The van der Waals surface area contributed by atoms with E-state index < -0.39 is 0 Å². The predicted octanol–water partition coefficient (Wildman–Crippen LogP) is 1.28. The van der Waals surface area contributed by atoms with Gasteiger partial charge in [-0.3, -0.25) is 0 Å². The third-order valence-electron chi connectivity index (χ3n) is 2.62. The summed E-state index contributed by atoms with van der Waals surface area (Å²) in [5, 5.41) is 0. The van der Waals surface area contributed by atoms with Gasteiger partial charge in [0, 0.05) is 7.11 Å². The zero-order chi connectivity index (χ0) is 8.27. The second-order valence-electron chi connectivity index (χ2n) is 3.59. The van der Waals surface area contributed by atoms with E-state index in [-0.39, 0.29) is 0 Å². The molecule has 1 saturated carbocycles. The molecule has 2 bridgehead atoms. The van der Waals surface area contributed by atoms with Crippen molar-refractivity contribution in [3.8, 4) is 0 Å². The standard InChI is InChI=1S/C8H12.CH6OSi/c1-6-4-7-2-3-8(6)5-7;1-2-3/h4,7-8H,2-3,5H2,1H3;1,3H3. The highest BCUT2D eigenvalue weighted by Crippen LogP contribution is 2.42. The van der Waals surface area contributed by atoms with Crippen molar-refractivity contribution in [3.63, 3.8) is 0 Å². The van der Waals surface area contributed by atoms with Crippen molar-refractivity contribution in [3.05, 3.63) is 11.6 Å². The molecule has 0 aromatic heterocycles. The van der Waals surface area contributed by atoms with Crippen LogP contribution in [0.4, 0.5) is 0 Å². The third kappa shape index (κ3) is 2.17. The van der Waals surface area contributed by atoms with Gasteiger partial charge in [-0.2, -0.15) is 0 Å². The van der Waals surface area contributed by atoms with Gasteiger partial charge in [0.1, 0.15) is 10.5 Å². The smallest absolute Gasteiger partial charge is 0.145 e. The van der Waals surface area contributed by atoms with Gasteiger partial charge < -0.3 is 4.43 Å². The number of hydrogen-bond donors (Lipinski definition) is 0. The number of rotatable bonds is 0. The fourth-order valence-electron chi connectivity index (χ4n) is 2.09. The highest BCUT2D eigenvalue weighted by molar-refractivity contribution is 5.97. The summed E-state index contributed by atoms with van der Waals surface area (Å²) in [6.07, 6.45) is 6.90. The second kappa shape index (κ2) is 4.07. The van der Waals surface area contributed by atoms with Crippen molar-refractivity contribution < 1.29 is 4.43 Å². The Morgan fingerprint density at radius 2 is 2.18 bits per heavy atom. The first-order valence-corrected chi connectivity index (χ1v) is 5.18. The van der Waals surface area contributed by atoms with Crippen LogP contribution in [0.15, 0.2) is 11.6 Å². The molecule has 0 N–H and O–H groups in total. The third-order valence-corrected chi connectivity index (χ3v) is 2.62. The van der Waals surface area contributed by atoms with Crippen LogP contribution in [0.5, 0.6) is 0 Å². The normalized spacial score (nSPS) is 33.1. The maximum absolute atomic E-state index is 4.39. The van der Waals surface area contributed by atoms with Crippen molar-refractivity contribution in [2.45, 2.75) is 26.2 Å². The molecule has 2 atom stereocenters. The number of fused-ring (bicyclic) bond motifs is 2. The van der Waals surface area contributed by atoms with Crippen molar-refractivity contribution >= 4 is 10.5 Å². The van der Waals surface area contributed by atoms with E-state index in [1.165, 1.54) is 19.3 Å². The van der Waals surface area contributed by atoms with Crippen LogP contribution in [0.3, 0.4) is 0 Å². The van der Waals surface area contributed by atoms with Gasteiger partial charge in [-0.05, 0) is 38.0 Å². The van der Waals surface area contributed by atoms with E-state index in [9.17, 15) is 0 Å². The molecule has 2 rings (SSSR count). The molecular formula is C9H18OSi. The molecule has 0 aliphatic heterocycles. The van der Waals surface area contributed by atoms with E-state index in [0.717, 1.165) is 22.3 Å². The van der Waals surface area contributed by atoms with Crippen LogP contribution in [0.2, 0.25) is 0 Å². The first-order chi connectivity index (χ1) is 5.27. The SMILES string of the molecule is CC1=CC2CCC1C2.CO[SiH3]. The molecule has 0 aromatic carbocycles. The lowest BCUT2D eigenvalue weighted by atomic mass is 10.0. The molecule has 0 radical (unpaired) electrons. The largest absolute Gasteiger partial charge is 0.431 e. The molecule has 2 aliphatic rings. The summed E-state index contributed by atoms with van der Waals surface area (Å²) in [7, 11) is 2.56. The summed E-state index contributed by atoms with van der Waals surface area (Å²) >= 11 is 0. The lowest BCUT2D eigenvalue weighted by molar-refractivity contribution is 0.460. The van der Waals surface area contributed by atoms with Crippen molar-refractivity contribution in [1.29, 1.82) is 0 Å². The van der Waals surface area contributed by atoms with Gasteiger partial charge in [-0.1, -0.05) is 11.6 Å². The van der Waals surface area contributed by atoms with Gasteiger partial charge >= 0.3 is 0 Å². The van der Waals surface area contributed by atoms with E-state index >= 15 is 0 Å². The minimum atomic E-state index is 0.869. The average molecular weight is 170 g/mol. The topological polar surface area (TPSA) is 9.23 Å². The molecule has 11 heavy (non-hydrogen) atoms. The van der Waals surface area contributed by atoms with E-state index in [1.54, 1.807) is 12.7 Å². The molecule has 2 heteroatoms. The first-order valence-electron chi connectivity index (χ1n) is 4.36. The van der Waals surface area contributed by atoms with Gasteiger partial charge in [0.05, 0.1) is 0 Å². The van der Waals surface area contributed by atoms with Crippen LogP contribution in [-0.4, -0.2) is 17.6 Å². The van der Waals surface area contributed by atoms with Crippen LogP contribution in [-0.2, 0) is 4.43 Å². The Kier molecular flexibility index (Phi) is 3.33. The summed E-state index contributed by atoms with van der Waals surface area (Å²) in [5.41, 5.74) is 1.67. The molecule has 1 nitrogen and oxygen atoms in total. The Morgan fingerprint density at radius 3 is 2.36 bits per heavy atom. The highest BCUT2D eigenvalue weighted by Gasteiger charge is 2.29. The maximum Gasteiger partial charge on any atom is 0.145 e. The van der Waals surface area contributed by atoms with E-state index in [1.807, 2.05) is 0 Å². The molecular weight excluding hydrogens is 152 g/mol. The van der Waals surface area contributed by atoms with Crippen molar-refractivity contribution in [2.24, 2.45) is 11.8 Å². The van der Waals surface area contributed by atoms with Gasteiger partial charge in [0.15, 0.2) is 0 Å². The van der Waals surface area contributed by atoms with Gasteiger partial charge in [0.2, 0.25) is 0 Å². The fraction of sp³-hybridized carbons (Fsp3) is 0.778. The average Bonchev–Trinajstić information content (AvgIpc) is 2.48. The summed E-state index contributed by atoms with van der Waals surface area (Å²) in [5.74, 6) is 1.99. The minimum Gasteiger partial charge on any atom is -0.431 e. The summed E-state index contributed by atoms with van der Waals surface area (Å²) in [6.45, 7) is 2.28. The molecule has 0 amide bonds. The number of hydrogen-bond acceptors (Lipinski definition) is 1.